The van der Waals surface area contributed by atoms with E-state index in [4.69, 9.17) is 0 Å². The number of aryl methyl sites for hydroxylation is 2. The highest BCUT2D eigenvalue weighted by Gasteiger charge is 2.14. The van der Waals surface area contributed by atoms with Gasteiger partial charge in [-0.2, -0.15) is 5.10 Å². The Kier molecular flexibility index (Phi) is 7.35. The molecule has 0 saturated heterocycles. The van der Waals surface area contributed by atoms with Gasteiger partial charge in [0.2, 0.25) is 5.96 Å². The lowest BCUT2D eigenvalue weighted by molar-refractivity contribution is 0.0973. The summed E-state index contributed by atoms with van der Waals surface area (Å²) in [6.45, 7) is 5.17. The molecule has 0 aliphatic heterocycles. The third-order valence-corrected chi connectivity index (χ3v) is 4.84. The highest BCUT2D eigenvalue weighted by Crippen LogP contribution is 2.16. The van der Waals surface area contributed by atoms with Crippen molar-refractivity contribution < 1.29 is 9.18 Å². The number of benzene rings is 2. The molecule has 0 unspecified atom stereocenters. The smallest absolute Gasteiger partial charge is 0.260 e. The van der Waals surface area contributed by atoms with Gasteiger partial charge in [0.25, 0.3) is 5.91 Å². The fourth-order valence-corrected chi connectivity index (χ4v) is 3.25. The molecule has 0 saturated carbocycles. The average molecular weight is 472 g/mol. The first-order chi connectivity index (χ1) is 14.5. The van der Waals surface area contributed by atoms with E-state index in [1.54, 1.807) is 6.07 Å². The second-order valence-electron chi connectivity index (χ2n) is 6.74. The molecule has 3 rings (SSSR count). The van der Waals surface area contributed by atoms with Crippen LogP contribution in [0.3, 0.4) is 0 Å². The molecule has 0 radical (unpaired) electrons. The Morgan fingerprint density at radius 1 is 1.23 bits per heavy atom. The standard InChI is InChI=1S/C22H23BrFN5O/c1-3-11-29-14-16(15(2)28-29)13-25-22(26-18-8-6-7-17(23)12-18)27-21(30)19-9-4-5-10-20(19)24/h4-10,12,14H,3,11,13H2,1-2H3,(H2,25,26,27,30). The number of nitrogens with zero attached hydrogens (tertiary/aromatic N) is 3. The van der Waals surface area contributed by atoms with Gasteiger partial charge in [-0.1, -0.05) is 41.1 Å². The molecule has 0 bridgehead atoms. The zero-order valence-corrected chi connectivity index (χ0v) is 18.4. The fraction of sp³-hybridized carbons (Fsp3) is 0.227. The first-order valence-electron chi connectivity index (χ1n) is 9.62. The molecule has 2 N–H and O–H groups in total. The van der Waals surface area contributed by atoms with Crippen LogP contribution in [0.5, 0.6) is 0 Å². The summed E-state index contributed by atoms with van der Waals surface area (Å²) < 4.78 is 16.8. The lowest BCUT2D eigenvalue weighted by Gasteiger charge is -2.12. The lowest BCUT2D eigenvalue weighted by Crippen LogP contribution is -2.36. The van der Waals surface area contributed by atoms with Gasteiger partial charge >= 0.3 is 0 Å². The van der Waals surface area contributed by atoms with Crippen molar-refractivity contribution in [3.8, 4) is 0 Å². The van der Waals surface area contributed by atoms with Crippen LogP contribution >= 0.6 is 15.9 Å². The Morgan fingerprint density at radius 2 is 2.03 bits per heavy atom. The maximum Gasteiger partial charge on any atom is 0.260 e. The molecule has 8 heteroatoms. The van der Waals surface area contributed by atoms with Crippen LogP contribution in [0.2, 0.25) is 0 Å². The van der Waals surface area contributed by atoms with Gasteiger partial charge in [-0.25, -0.2) is 9.38 Å². The predicted molar refractivity (Wildman–Crippen MR) is 120 cm³/mol. The summed E-state index contributed by atoms with van der Waals surface area (Å²) in [6.07, 6.45) is 2.94. The molecule has 0 aliphatic carbocycles. The number of amides is 1. The monoisotopic (exact) mass is 471 g/mol. The molecule has 0 spiro atoms. The third kappa shape index (κ3) is 5.76. The fourth-order valence-electron chi connectivity index (χ4n) is 2.86. The van der Waals surface area contributed by atoms with Gasteiger partial charge in [-0.15, -0.1) is 0 Å². The zero-order chi connectivity index (χ0) is 21.5. The quantitative estimate of drug-likeness (QED) is 0.396. The van der Waals surface area contributed by atoms with Gasteiger partial charge in [0, 0.05) is 28.5 Å². The molecule has 6 nitrogen and oxygen atoms in total. The van der Waals surface area contributed by atoms with Crippen molar-refractivity contribution in [2.45, 2.75) is 33.4 Å². The van der Waals surface area contributed by atoms with Crippen molar-refractivity contribution >= 4 is 33.5 Å². The first-order valence-corrected chi connectivity index (χ1v) is 10.4. The second kappa shape index (κ2) is 10.2. The number of nitrogens with one attached hydrogen (secondary N) is 2. The topological polar surface area (TPSA) is 71.3 Å². The summed E-state index contributed by atoms with van der Waals surface area (Å²) in [5, 5.41) is 10.3. The summed E-state index contributed by atoms with van der Waals surface area (Å²) >= 11 is 3.42. The van der Waals surface area contributed by atoms with Crippen LogP contribution in [-0.4, -0.2) is 21.6 Å². The van der Waals surface area contributed by atoms with E-state index in [1.807, 2.05) is 42.1 Å². The molecule has 0 aliphatic rings. The maximum absolute atomic E-state index is 14.0. The van der Waals surface area contributed by atoms with Gasteiger partial charge in [0.1, 0.15) is 5.82 Å². The van der Waals surface area contributed by atoms with Crippen LogP contribution in [0.4, 0.5) is 10.1 Å². The van der Waals surface area contributed by atoms with E-state index in [2.05, 4.69) is 43.6 Å². The van der Waals surface area contributed by atoms with E-state index in [1.165, 1.54) is 18.2 Å². The van der Waals surface area contributed by atoms with Gasteiger partial charge in [0.05, 0.1) is 17.8 Å². The van der Waals surface area contributed by atoms with Crippen molar-refractivity contribution in [2.24, 2.45) is 4.99 Å². The molecule has 0 atom stereocenters. The van der Waals surface area contributed by atoms with Crippen molar-refractivity contribution in [2.75, 3.05) is 5.32 Å². The summed E-state index contributed by atoms with van der Waals surface area (Å²) in [5.74, 6) is -0.940. The van der Waals surface area contributed by atoms with Crippen molar-refractivity contribution in [3.05, 3.63) is 81.8 Å². The molecular weight excluding hydrogens is 449 g/mol. The Morgan fingerprint density at radius 3 is 2.77 bits per heavy atom. The second-order valence-corrected chi connectivity index (χ2v) is 7.65. The minimum atomic E-state index is -0.589. The number of aromatic nitrogens is 2. The van der Waals surface area contributed by atoms with Gasteiger partial charge < -0.3 is 5.32 Å². The van der Waals surface area contributed by atoms with E-state index < -0.39 is 11.7 Å². The average Bonchev–Trinajstić information content (AvgIpc) is 3.06. The SMILES string of the molecule is CCCn1cc(CN=C(NC(=O)c2ccccc2F)Nc2cccc(Br)c2)c(C)n1. The van der Waals surface area contributed by atoms with E-state index in [0.29, 0.717) is 6.54 Å². The highest BCUT2D eigenvalue weighted by atomic mass is 79.9. The molecule has 2 aromatic carbocycles. The number of halogens is 2. The molecule has 1 heterocycles. The largest absolute Gasteiger partial charge is 0.326 e. The summed E-state index contributed by atoms with van der Waals surface area (Å²) in [5.41, 5.74) is 2.52. The van der Waals surface area contributed by atoms with Crippen molar-refractivity contribution in [1.29, 1.82) is 0 Å². The number of rotatable bonds is 6. The number of anilines is 1. The summed E-state index contributed by atoms with van der Waals surface area (Å²) in [6, 6.07) is 13.3. The van der Waals surface area contributed by atoms with E-state index >= 15 is 0 Å². The number of carbonyl (C=O) groups excluding carboxylic acids is 1. The van der Waals surface area contributed by atoms with Crippen LogP contribution in [0.15, 0.2) is 64.2 Å². The van der Waals surface area contributed by atoms with Crippen LogP contribution in [0, 0.1) is 12.7 Å². The minimum Gasteiger partial charge on any atom is -0.326 e. The Hall–Kier alpha value is -3.00. The molecular formula is C22H23BrFN5O. The summed E-state index contributed by atoms with van der Waals surface area (Å²) in [4.78, 5) is 17.1. The van der Waals surface area contributed by atoms with Gasteiger partial charge in [-0.05, 0) is 43.7 Å². The maximum atomic E-state index is 14.0. The molecule has 30 heavy (non-hydrogen) atoms. The molecule has 1 aromatic heterocycles. The number of aliphatic imine (C=N–C) groups is 1. The van der Waals surface area contributed by atoms with Crippen molar-refractivity contribution in [1.82, 2.24) is 15.1 Å². The highest BCUT2D eigenvalue weighted by molar-refractivity contribution is 9.10. The lowest BCUT2D eigenvalue weighted by atomic mass is 10.2. The van der Waals surface area contributed by atoms with Crippen LogP contribution < -0.4 is 10.6 Å². The van der Waals surface area contributed by atoms with Gasteiger partial charge in [0.15, 0.2) is 0 Å². The molecule has 0 fully saturated rings. The van der Waals surface area contributed by atoms with E-state index in [9.17, 15) is 9.18 Å². The van der Waals surface area contributed by atoms with Gasteiger partial charge in [-0.3, -0.25) is 14.8 Å². The number of guanidine groups is 1. The number of hydrogen-bond acceptors (Lipinski definition) is 3. The van der Waals surface area contributed by atoms with Crippen LogP contribution in [0.1, 0.15) is 35.0 Å². The zero-order valence-electron chi connectivity index (χ0n) is 16.8. The normalized spacial score (nSPS) is 11.4. The summed E-state index contributed by atoms with van der Waals surface area (Å²) in [7, 11) is 0. The third-order valence-electron chi connectivity index (χ3n) is 4.35. The van der Waals surface area contributed by atoms with E-state index in [-0.39, 0.29) is 11.5 Å². The van der Waals surface area contributed by atoms with Crippen LogP contribution in [-0.2, 0) is 13.1 Å². The van der Waals surface area contributed by atoms with Crippen molar-refractivity contribution in [3.63, 3.8) is 0 Å². The predicted octanol–water partition coefficient (Wildman–Crippen LogP) is 4.90. The molecule has 156 valence electrons. The Balaban J connectivity index is 1.84. The van der Waals surface area contributed by atoms with Crippen LogP contribution in [0.25, 0.3) is 0 Å². The number of hydrogen-bond donors (Lipinski definition) is 2. The van der Waals surface area contributed by atoms with E-state index in [0.717, 1.165) is 34.4 Å². The number of carbonyl (C=O) groups is 1. The minimum absolute atomic E-state index is 0.0480. The molecule has 3 aromatic rings. The Bertz CT molecular complexity index is 1060. The first kappa shape index (κ1) is 21.7. The molecule has 1 amide bonds. The Labute approximate surface area is 183 Å².